The maximum Gasteiger partial charge on any atom is 0.335 e. The molecule has 10 heteroatoms. The summed E-state index contributed by atoms with van der Waals surface area (Å²) in [6.07, 6.45) is 3.03. The first-order valence-electron chi connectivity index (χ1n) is 11.3. The van der Waals surface area contributed by atoms with Crippen LogP contribution in [0.5, 0.6) is 17.2 Å². The minimum Gasteiger partial charge on any atom is -0.493 e. The van der Waals surface area contributed by atoms with Crippen molar-refractivity contribution in [2.24, 2.45) is 0 Å². The molecule has 0 atom stereocenters. The molecular weight excluding hydrogens is 667 g/mol. The molecule has 0 spiro atoms. The number of benzene rings is 3. The number of nitrogens with zero attached hydrogens (tertiary/aromatic N) is 1. The summed E-state index contributed by atoms with van der Waals surface area (Å²) >= 11 is 5.48. The molecule has 1 heterocycles. The Morgan fingerprint density at radius 1 is 1.03 bits per heavy atom. The number of urea groups is 1. The molecule has 0 bridgehead atoms. The van der Waals surface area contributed by atoms with Crippen molar-refractivity contribution in [3.63, 3.8) is 0 Å². The number of imide groups is 2. The molecule has 0 radical (unpaired) electrons. The van der Waals surface area contributed by atoms with Crippen LogP contribution in [-0.4, -0.2) is 31.6 Å². The fourth-order valence-corrected chi connectivity index (χ4v) is 4.65. The Balaban J connectivity index is 1.55. The summed E-state index contributed by atoms with van der Waals surface area (Å²) in [5.74, 6) is -0.0153. The minimum atomic E-state index is -0.832. The molecule has 4 amide bonds. The molecule has 1 N–H and O–H groups in total. The monoisotopic (exact) mass is 688 g/mol. The highest BCUT2D eigenvalue weighted by Gasteiger charge is 2.37. The second kappa shape index (κ2) is 12.3. The summed E-state index contributed by atoms with van der Waals surface area (Å²) in [6.45, 7) is 4.29. The van der Waals surface area contributed by atoms with Gasteiger partial charge in [0.25, 0.3) is 11.8 Å². The van der Waals surface area contributed by atoms with Crippen LogP contribution in [-0.2, 0) is 16.2 Å². The Morgan fingerprint density at radius 3 is 2.39 bits per heavy atom. The highest BCUT2D eigenvalue weighted by Crippen LogP contribution is 2.35. The molecule has 0 saturated carbocycles. The summed E-state index contributed by atoms with van der Waals surface area (Å²) in [4.78, 5) is 39.4. The second-order valence-electron chi connectivity index (χ2n) is 8.00. The van der Waals surface area contributed by atoms with Gasteiger partial charge in [-0.1, -0.05) is 40.7 Å². The largest absolute Gasteiger partial charge is 0.493 e. The number of carbonyl (C=O) groups excluding carboxylic acids is 3. The highest BCUT2D eigenvalue weighted by atomic mass is 127. The van der Waals surface area contributed by atoms with E-state index in [1.54, 1.807) is 42.5 Å². The summed E-state index contributed by atoms with van der Waals surface area (Å²) in [5.41, 5.74) is 1.62. The van der Waals surface area contributed by atoms with E-state index in [0.29, 0.717) is 45.3 Å². The van der Waals surface area contributed by atoms with Gasteiger partial charge < -0.3 is 14.2 Å². The molecule has 0 aromatic heterocycles. The number of nitrogens with one attached hydrogen (secondary N) is 1. The molecule has 0 unspecified atom stereocenters. The molecule has 1 aliphatic heterocycles. The smallest absolute Gasteiger partial charge is 0.335 e. The maximum absolute atomic E-state index is 13.3. The molecule has 1 fully saturated rings. The van der Waals surface area contributed by atoms with E-state index in [1.807, 2.05) is 24.3 Å². The number of ether oxygens (including phenoxy) is 3. The molecule has 38 heavy (non-hydrogen) atoms. The van der Waals surface area contributed by atoms with Crippen LogP contribution in [0.4, 0.5) is 10.5 Å². The molecule has 3 aromatic carbocycles. The van der Waals surface area contributed by atoms with Crippen molar-refractivity contribution in [2.75, 3.05) is 18.6 Å². The average Bonchev–Trinajstić information content (AvgIpc) is 2.90. The molecule has 1 aliphatic rings. The van der Waals surface area contributed by atoms with Gasteiger partial charge in [-0.3, -0.25) is 14.9 Å². The molecule has 4 rings (SSSR count). The van der Waals surface area contributed by atoms with Gasteiger partial charge in [-0.15, -0.1) is 0 Å². The molecular formula is C28H22BrIN2O6. The van der Waals surface area contributed by atoms with Gasteiger partial charge in [0.2, 0.25) is 0 Å². The van der Waals surface area contributed by atoms with Gasteiger partial charge in [0.05, 0.1) is 16.4 Å². The number of halogens is 2. The lowest BCUT2D eigenvalue weighted by atomic mass is 10.1. The average molecular weight is 689 g/mol. The molecule has 0 aliphatic carbocycles. The van der Waals surface area contributed by atoms with E-state index in [-0.39, 0.29) is 5.57 Å². The number of barbiturate groups is 1. The van der Waals surface area contributed by atoms with Crippen molar-refractivity contribution >= 4 is 68.1 Å². The number of carbonyl (C=O) groups is 3. The van der Waals surface area contributed by atoms with E-state index in [9.17, 15) is 14.4 Å². The Labute approximate surface area is 241 Å². The second-order valence-corrected chi connectivity index (χ2v) is 10.1. The van der Waals surface area contributed by atoms with Crippen LogP contribution >= 0.6 is 38.5 Å². The van der Waals surface area contributed by atoms with E-state index in [1.165, 1.54) is 13.2 Å². The summed E-state index contributed by atoms with van der Waals surface area (Å²) in [5, 5.41) is 2.23. The fraction of sp³-hybridized carbons (Fsp3) is 0.107. The summed E-state index contributed by atoms with van der Waals surface area (Å²) in [6, 6.07) is 16.8. The maximum atomic E-state index is 13.3. The lowest BCUT2D eigenvalue weighted by molar-refractivity contribution is -0.122. The fourth-order valence-electron chi connectivity index (χ4n) is 3.60. The first-order valence-corrected chi connectivity index (χ1v) is 13.2. The highest BCUT2D eigenvalue weighted by molar-refractivity contribution is 14.1. The van der Waals surface area contributed by atoms with E-state index in [2.05, 4.69) is 50.4 Å². The van der Waals surface area contributed by atoms with Gasteiger partial charge in [0.15, 0.2) is 11.5 Å². The van der Waals surface area contributed by atoms with Crippen LogP contribution in [0.1, 0.15) is 11.1 Å². The third-order valence-corrected chi connectivity index (χ3v) is 6.75. The number of amides is 4. The van der Waals surface area contributed by atoms with Crippen LogP contribution in [0.15, 0.2) is 83.4 Å². The lowest BCUT2D eigenvalue weighted by Gasteiger charge is -2.26. The number of hydrogen-bond donors (Lipinski definition) is 1. The van der Waals surface area contributed by atoms with E-state index < -0.39 is 17.8 Å². The van der Waals surface area contributed by atoms with Gasteiger partial charge in [-0.2, -0.15) is 0 Å². The van der Waals surface area contributed by atoms with Gasteiger partial charge >= 0.3 is 6.03 Å². The molecule has 8 nitrogen and oxygen atoms in total. The van der Waals surface area contributed by atoms with E-state index in [4.69, 9.17) is 14.2 Å². The van der Waals surface area contributed by atoms with Crippen molar-refractivity contribution in [1.82, 2.24) is 5.32 Å². The molecule has 3 aromatic rings. The number of methoxy groups -OCH3 is 1. The van der Waals surface area contributed by atoms with Crippen molar-refractivity contribution in [2.45, 2.75) is 6.61 Å². The predicted octanol–water partition coefficient (Wildman–Crippen LogP) is 5.87. The van der Waals surface area contributed by atoms with Gasteiger partial charge in [0, 0.05) is 4.47 Å². The Hall–Kier alpha value is -3.64. The van der Waals surface area contributed by atoms with Crippen LogP contribution in [0.2, 0.25) is 0 Å². The first-order chi connectivity index (χ1) is 18.3. The van der Waals surface area contributed by atoms with Gasteiger partial charge in [-0.25, -0.2) is 9.69 Å². The third kappa shape index (κ3) is 6.25. The van der Waals surface area contributed by atoms with Crippen LogP contribution in [0.3, 0.4) is 0 Å². The SMILES string of the molecule is C=CCOc1c(I)cc(/C=C2\C(=O)NC(=O)N(c3ccc(OCc4ccc(Br)cc4)cc3)C2=O)cc1OC. The number of rotatable bonds is 9. The summed E-state index contributed by atoms with van der Waals surface area (Å²) in [7, 11) is 1.49. The quantitative estimate of drug-likeness (QED) is 0.131. The van der Waals surface area contributed by atoms with Gasteiger partial charge in [0.1, 0.15) is 24.5 Å². The third-order valence-electron chi connectivity index (χ3n) is 5.42. The zero-order valence-electron chi connectivity index (χ0n) is 20.2. The first kappa shape index (κ1) is 27.4. The van der Waals surface area contributed by atoms with Crippen LogP contribution in [0, 0.1) is 3.57 Å². The molecule has 194 valence electrons. The zero-order valence-corrected chi connectivity index (χ0v) is 23.9. The van der Waals surface area contributed by atoms with Gasteiger partial charge in [-0.05, 0) is 88.3 Å². The zero-order chi connectivity index (χ0) is 27.2. The van der Waals surface area contributed by atoms with Crippen molar-refractivity contribution < 1.29 is 28.6 Å². The standard InChI is InChI=1S/C28H22BrIN2O6/c1-3-12-37-25-23(30)14-18(15-24(25)36-2)13-22-26(33)31-28(35)32(27(22)34)20-8-10-21(11-9-20)38-16-17-4-6-19(29)7-5-17/h3-11,13-15H,1,12,16H2,2H3,(H,31,33,35)/b22-13+. The Bertz CT molecular complexity index is 1420. The van der Waals surface area contributed by atoms with E-state index in [0.717, 1.165) is 14.9 Å². The van der Waals surface area contributed by atoms with Crippen molar-refractivity contribution in [3.05, 3.63) is 98.1 Å². The predicted molar refractivity (Wildman–Crippen MR) is 155 cm³/mol. The van der Waals surface area contributed by atoms with Crippen LogP contribution in [0.25, 0.3) is 6.08 Å². The minimum absolute atomic E-state index is 0.197. The van der Waals surface area contributed by atoms with Crippen molar-refractivity contribution in [1.29, 1.82) is 0 Å². The lowest BCUT2D eigenvalue weighted by Crippen LogP contribution is -2.54. The number of anilines is 1. The van der Waals surface area contributed by atoms with Crippen molar-refractivity contribution in [3.8, 4) is 17.2 Å². The molecule has 1 saturated heterocycles. The number of hydrogen-bond acceptors (Lipinski definition) is 6. The summed E-state index contributed by atoms with van der Waals surface area (Å²) < 4.78 is 18.6. The van der Waals surface area contributed by atoms with E-state index >= 15 is 0 Å². The Morgan fingerprint density at radius 2 is 1.74 bits per heavy atom. The normalized spacial score (nSPS) is 14.3. The Kier molecular flexibility index (Phi) is 8.85. The van der Waals surface area contributed by atoms with Crippen LogP contribution < -0.4 is 24.4 Å². The topological polar surface area (TPSA) is 94.2 Å².